The monoisotopic (exact) mass is 286 g/mol. The van der Waals surface area contributed by atoms with Crippen LogP contribution in [0.25, 0.3) is 22.1 Å². The third-order valence-electron chi connectivity index (χ3n) is 3.41. The lowest BCUT2D eigenvalue weighted by atomic mass is 10.0. The van der Waals surface area contributed by atoms with E-state index in [4.69, 9.17) is 16.0 Å². The van der Waals surface area contributed by atoms with Gasteiger partial charge in [-0.25, -0.2) is 0 Å². The Bertz CT molecular complexity index is 731. The largest absolute Gasteiger partial charge is 0.457 e. The van der Waals surface area contributed by atoms with E-state index in [0.717, 1.165) is 16.5 Å². The van der Waals surface area contributed by atoms with E-state index in [0.29, 0.717) is 22.8 Å². The first-order valence-electron chi connectivity index (χ1n) is 6.65. The van der Waals surface area contributed by atoms with Crippen molar-refractivity contribution in [2.24, 2.45) is 0 Å². The van der Waals surface area contributed by atoms with Gasteiger partial charge < -0.3 is 9.52 Å². The molecular weight excluding hydrogens is 272 g/mol. The summed E-state index contributed by atoms with van der Waals surface area (Å²) in [6, 6.07) is 15.8. The Labute approximate surface area is 122 Å². The fourth-order valence-electron chi connectivity index (χ4n) is 2.29. The quantitative estimate of drug-likeness (QED) is 0.718. The molecule has 0 fully saturated rings. The number of hydrogen-bond donors (Lipinski definition) is 1. The van der Waals surface area contributed by atoms with Crippen LogP contribution in [0.1, 0.15) is 25.2 Å². The van der Waals surface area contributed by atoms with E-state index in [1.165, 1.54) is 0 Å². The highest BCUT2D eigenvalue weighted by Crippen LogP contribution is 2.34. The molecule has 3 rings (SSSR count). The topological polar surface area (TPSA) is 33.4 Å². The number of benzene rings is 2. The van der Waals surface area contributed by atoms with Crippen LogP contribution in [-0.2, 0) is 0 Å². The Kier molecular flexibility index (Phi) is 3.51. The Hall–Kier alpha value is -1.77. The molecule has 0 amide bonds. The molecule has 20 heavy (non-hydrogen) atoms. The highest BCUT2D eigenvalue weighted by Gasteiger charge is 2.14. The lowest BCUT2D eigenvalue weighted by Crippen LogP contribution is -1.90. The highest BCUT2D eigenvalue weighted by atomic mass is 35.5. The molecule has 102 valence electrons. The Balaban J connectivity index is 2.14. The van der Waals surface area contributed by atoms with Crippen LogP contribution >= 0.6 is 11.6 Å². The van der Waals surface area contributed by atoms with Crippen LogP contribution in [0.5, 0.6) is 0 Å². The van der Waals surface area contributed by atoms with Gasteiger partial charge in [-0.2, -0.15) is 0 Å². The second-order valence-corrected chi connectivity index (χ2v) is 5.22. The maximum atomic E-state index is 9.87. The first-order valence-corrected chi connectivity index (χ1v) is 7.03. The molecular formula is C17H15ClO2. The lowest BCUT2D eigenvalue weighted by Gasteiger charge is -2.03. The number of halogens is 1. The van der Waals surface area contributed by atoms with Gasteiger partial charge in [0.15, 0.2) is 5.58 Å². The standard InChI is InChI=1S/C17H15ClO2/c1-2-15(19)16-10-13-8-12(9-14(18)17(13)20-16)11-6-4-3-5-7-11/h3-10,15,19H,2H2,1H3. The molecule has 2 aromatic carbocycles. The lowest BCUT2D eigenvalue weighted by molar-refractivity contribution is 0.148. The van der Waals surface area contributed by atoms with E-state index in [-0.39, 0.29) is 0 Å². The summed E-state index contributed by atoms with van der Waals surface area (Å²) >= 11 is 6.30. The van der Waals surface area contributed by atoms with Crippen LogP contribution in [-0.4, -0.2) is 5.11 Å². The third-order valence-corrected chi connectivity index (χ3v) is 3.69. The summed E-state index contributed by atoms with van der Waals surface area (Å²) < 4.78 is 5.66. The number of rotatable bonds is 3. The summed E-state index contributed by atoms with van der Waals surface area (Å²) in [5.74, 6) is 0.564. The van der Waals surface area contributed by atoms with Crippen molar-refractivity contribution in [3.05, 3.63) is 59.3 Å². The number of furan rings is 1. The Morgan fingerprint density at radius 3 is 2.55 bits per heavy atom. The van der Waals surface area contributed by atoms with Gasteiger partial charge >= 0.3 is 0 Å². The average molecular weight is 287 g/mol. The van der Waals surface area contributed by atoms with E-state index in [9.17, 15) is 5.11 Å². The zero-order valence-corrected chi connectivity index (χ0v) is 11.9. The van der Waals surface area contributed by atoms with Gasteiger partial charge in [-0.05, 0) is 35.7 Å². The summed E-state index contributed by atoms with van der Waals surface area (Å²) in [4.78, 5) is 0. The third kappa shape index (κ3) is 2.33. The maximum Gasteiger partial charge on any atom is 0.153 e. The van der Waals surface area contributed by atoms with Crippen LogP contribution in [0.15, 0.2) is 52.9 Å². The van der Waals surface area contributed by atoms with E-state index < -0.39 is 6.10 Å². The molecule has 0 aliphatic heterocycles. The van der Waals surface area contributed by atoms with Crippen molar-refractivity contribution < 1.29 is 9.52 Å². The van der Waals surface area contributed by atoms with Crippen molar-refractivity contribution in [1.29, 1.82) is 0 Å². The molecule has 1 heterocycles. The molecule has 0 aliphatic rings. The number of aliphatic hydroxyl groups is 1. The molecule has 0 saturated heterocycles. The van der Waals surface area contributed by atoms with Crippen molar-refractivity contribution in [2.45, 2.75) is 19.4 Å². The first kappa shape index (κ1) is 13.2. The molecule has 0 bridgehead atoms. The van der Waals surface area contributed by atoms with Crippen molar-refractivity contribution >= 4 is 22.6 Å². The molecule has 2 nitrogen and oxygen atoms in total. The Morgan fingerprint density at radius 2 is 1.85 bits per heavy atom. The molecule has 3 heteroatoms. The summed E-state index contributed by atoms with van der Waals surface area (Å²) in [5, 5.41) is 11.4. The molecule has 0 radical (unpaired) electrons. The second-order valence-electron chi connectivity index (χ2n) is 4.82. The predicted octanol–water partition coefficient (Wildman–Crippen LogP) is 5.20. The van der Waals surface area contributed by atoms with Crippen molar-refractivity contribution in [3.8, 4) is 11.1 Å². The van der Waals surface area contributed by atoms with Gasteiger partial charge in [0, 0.05) is 5.39 Å². The van der Waals surface area contributed by atoms with Crippen LogP contribution in [0.2, 0.25) is 5.02 Å². The van der Waals surface area contributed by atoms with Crippen molar-refractivity contribution in [3.63, 3.8) is 0 Å². The number of aliphatic hydroxyl groups excluding tert-OH is 1. The minimum absolute atomic E-state index is 0.564. The molecule has 1 unspecified atom stereocenters. The van der Waals surface area contributed by atoms with E-state index in [1.807, 2.05) is 55.5 Å². The van der Waals surface area contributed by atoms with E-state index >= 15 is 0 Å². The molecule has 1 aromatic heterocycles. The predicted molar refractivity (Wildman–Crippen MR) is 81.9 cm³/mol. The smallest absolute Gasteiger partial charge is 0.153 e. The second kappa shape index (κ2) is 5.31. The maximum absolute atomic E-state index is 9.87. The van der Waals surface area contributed by atoms with Crippen molar-refractivity contribution in [2.75, 3.05) is 0 Å². The SMILES string of the molecule is CCC(O)c1cc2cc(-c3ccccc3)cc(Cl)c2o1. The normalized spacial score (nSPS) is 12.8. The van der Waals surface area contributed by atoms with Gasteiger partial charge in [0.2, 0.25) is 0 Å². The number of fused-ring (bicyclic) bond motifs is 1. The van der Waals surface area contributed by atoms with Gasteiger partial charge in [-0.1, -0.05) is 48.9 Å². The molecule has 1 N–H and O–H groups in total. The fraction of sp³-hybridized carbons (Fsp3) is 0.176. The minimum Gasteiger partial charge on any atom is -0.457 e. The first-order chi connectivity index (χ1) is 9.69. The van der Waals surface area contributed by atoms with Gasteiger partial charge in [-0.3, -0.25) is 0 Å². The molecule has 1 atom stereocenters. The average Bonchev–Trinajstić information content (AvgIpc) is 2.92. The minimum atomic E-state index is -0.585. The van der Waals surface area contributed by atoms with Crippen LogP contribution in [0.3, 0.4) is 0 Å². The van der Waals surface area contributed by atoms with Gasteiger partial charge in [0.25, 0.3) is 0 Å². The van der Waals surface area contributed by atoms with Gasteiger partial charge in [0.05, 0.1) is 5.02 Å². The summed E-state index contributed by atoms with van der Waals surface area (Å²) in [7, 11) is 0. The molecule has 0 spiro atoms. The zero-order chi connectivity index (χ0) is 14.1. The highest BCUT2D eigenvalue weighted by molar-refractivity contribution is 6.35. The zero-order valence-electron chi connectivity index (χ0n) is 11.1. The van der Waals surface area contributed by atoms with E-state index in [2.05, 4.69) is 0 Å². The van der Waals surface area contributed by atoms with Gasteiger partial charge in [0.1, 0.15) is 11.9 Å². The summed E-state index contributed by atoms with van der Waals surface area (Å²) in [5.41, 5.74) is 2.78. The van der Waals surface area contributed by atoms with Gasteiger partial charge in [-0.15, -0.1) is 0 Å². The molecule has 3 aromatic rings. The molecule has 0 saturated carbocycles. The fourth-order valence-corrected chi connectivity index (χ4v) is 2.56. The van der Waals surface area contributed by atoms with Crippen LogP contribution < -0.4 is 0 Å². The van der Waals surface area contributed by atoms with Crippen molar-refractivity contribution in [1.82, 2.24) is 0 Å². The summed E-state index contributed by atoms with van der Waals surface area (Å²) in [6.07, 6.45) is 0.0295. The van der Waals surface area contributed by atoms with Crippen LogP contribution in [0.4, 0.5) is 0 Å². The number of hydrogen-bond acceptors (Lipinski definition) is 2. The molecule has 0 aliphatic carbocycles. The summed E-state index contributed by atoms with van der Waals surface area (Å²) in [6.45, 7) is 1.91. The van der Waals surface area contributed by atoms with E-state index in [1.54, 1.807) is 0 Å². The Morgan fingerprint density at radius 1 is 1.10 bits per heavy atom. The van der Waals surface area contributed by atoms with Crippen LogP contribution in [0, 0.1) is 0 Å².